The van der Waals surface area contributed by atoms with Gasteiger partial charge >= 0.3 is 0 Å². The van der Waals surface area contributed by atoms with Gasteiger partial charge in [0.25, 0.3) is 0 Å². The van der Waals surface area contributed by atoms with Gasteiger partial charge < -0.3 is 0 Å². The monoisotopic (exact) mass is 236 g/mol. The Morgan fingerprint density at radius 1 is 1.11 bits per heavy atom. The van der Waals surface area contributed by atoms with Gasteiger partial charge in [0.15, 0.2) is 0 Å². The zero-order chi connectivity index (χ0) is 12.8. The molecule has 90 valence electrons. The van der Waals surface area contributed by atoms with E-state index in [1.807, 2.05) is 12.1 Å². The second kappa shape index (κ2) is 5.97. The largest absolute Gasteiger partial charge is 0.265 e. The fourth-order valence-electron chi connectivity index (χ4n) is 1.96. The van der Waals surface area contributed by atoms with Crippen molar-refractivity contribution in [1.82, 2.24) is 4.98 Å². The molecule has 0 radical (unpaired) electrons. The summed E-state index contributed by atoms with van der Waals surface area (Å²) in [6.45, 7) is 2.06. The first-order chi connectivity index (χ1) is 8.79. The summed E-state index contributed by atoms with van der Waals surface area (Å²) in [6.07, 6.45) is 5.35. The summed E-state index contributed by atoms with van der Waals surface area (Å²) in [6, 6.07) is 14.6. The number of hydrogen-bond donors (Lipinski definition) is 0. The molecule has 0 aliphatic rings. The van der Waals surface area contributed by atoms with Crippen molar-refractivity contribution in [2.75, 3.05) is 0 Å². The summed E-state index contributed by atoms with van der Waals surface area (Å²) in [5, 5.41) is 9.26. The lowest BCUT2D eigenvalue weighted by Crippen LogP contribution is -1.98. The van der Waals surface area contributed by atoms with Crippen molar-refractivity contribution >= 4 is 0 Å². The van der Waals surface area contributed by atoms with Gasteiger partial charge in [0.2, 0.25) is 0 Å². The minimum Gasteiger partial charge on any atom is -0.265 e. The van der Waals surface area contributed by atoms with Crippen LogP contribution < -0.4 is 0 Å². The first-order valence-electron chi connectivity index (χ1n) is 6.14. The zero-order valence-corrected chi connectivity index (χ0v) is 10.5. The average molecular weight is 236 g/mol. The van der Waals surface area contributed by atoms with Crippen LogP contribution in [0.2, 0.25) is 0 Å². The van der Waals surface area contributed by atoms with Crippen LogP contribution in [0.15, 0.2) is 48.8 Å². The highest BCUT2D eigenvalue weighted by molar-refractivity contribution is 5.28. The third-order valence-electron chi connectivity index (χ3n) is 3.11. The molecule has 2 nitrogen and oxygen atoms in total. The highest BCUT2D eigenvalue weighted by Gasteiger charge is 2.10. The van der Waals surface area contributed by atoms with Crippen molar-refractivity contribution in [1.29, 1.82) is 5.26 Å². The second-order valence-corrected chi connectivity index (χ2v) is 4.49. The van der Waals surface area contributed by atoms with Crippen LogP contribution in [0.3, 0.4) is 0 Å². The molecule has 1 atom stereocenters. The van der Waals surface area contributed by atoms with Crippen LogP contribution in [0, 0.1) is 18.3 Å². The third kappa shape index (κ3) is 3.18. The minimum absolute atomic E-state index is 0.0289. The molecule has 2 rings (SSSR count). The van der Waals surface area contributed by atoms with E-state index in [1.165, 1.54) is 11.1 Å². The predicted octanol–water partition coefficient (Wildman–Crippen LogP) is 3.63. The summed E-state index contributed by atoms with van der Waals surface area (Å²) in [4.78, 5) is 4.00. The lowest BCUT2D eigenvalue weighted by molar-refractivity contribution is 0.745. The summed E-state index contributed by atoms with van der Waals surface area (Å²) < 4.78 is 0. The van der Waals surface area contributed by atoms with Gasteiger partial charge in [-0.15, -0.1) is 0 Å². The van der Waals surface area contributed by atoms with Crippen LogP contribution in [0.5, 0.6) is 0 Å². The molecule has 1 aromatic heterocycles. The Morgan fingerprint density at radius 2 is 1.78 bits per heavy atom. The van der Waals surface area contributed by atoms with Crippen LogP contribution in [0.1, 0.15) is 29.0 Å². The van der Waals surface area contributed by atoms with Gasteiger partial charge in [-0.25, -0.2) is 0 Å². The lowest BCUT2D eigenvalue weighted by Gasteiger charge is -2.09. The standard InChI is InChI=1S/C16H16N2/c1-13-2-5-15(6-3-13)16(12-17)7-4-14-8-10-18-11-9-14/h2-3,5-6,8-11,16H,4,7H2,1H3. The molecule has 1 aromatic carbocycles. The number of nitrogens with zero attached hydrogens (tertiary/aromatic N) is 2. The van der Waals surface area contributed by atoms with Gasteiger partial charge in [0.05, 0.1) is 12.0 Å². The minimum atomic E-state index is -0.0289. The fourth-order valence-corrected chi connectivity index (χ4v) is 1.96. The van der Waals surface area contributed by atoms with E-state index in [4.69, 9.17) is 0 Å². The van der Waals surface area contributed by atoms with Crippen LogP contribution in [-0.2, 0) is 6.42 Å². The molecule has 0 saturated carbocycles. The molecule has 0 bridgehead atoms. The number of aryl methyl sites for hydroxylation is 2. The Kier molecular flexibility index (Phi) is 4.09. The zero-order valence-electron chi connectivity index (χ0n) is 10.5. The summed E-state index contributed by atoms with van der Waals surface area (Å²) in [5.41, 5.74) is 3.57. The number of pyridine rings is 1. The van der Waals surface area contributed by atoms with E-state index in [0.717, 1.165) is 18.4 Å². The first-order valence-corrected chi connectivity index (χ1v) is 6.14. The lowest BCUT2D eigenvalue weighted by atomic mass is 9.93. The molecule has 0 aliphatic heterocycles. The molecule has 2 aromatic rings. The smallest absolute Gasteiger partial charge is 0.0715 e. The quantitative estimate of drug-likeness (QED) is 0.812. The Labute approximate surface area is 108 Å². The van der Waals surface area contributed by atoms with Crippen LogP contribution in [0.4, 0.5) is 0 Å². The van der Waals surface area contributed by atoms with Gasteiger partial charge in [-0.3, -0.25) is 4.98 Å². The van der Waals surface area contributed by atoms with Gasteiger partial charge in [-0.1, -0.05) is 29.8 Å². The molecule has 2 heteroatoms. The molecule has 0 amide bonds. The van der Waals surface area contributed by atoms with Crippen LogP contribution in [-0.4, -0.2) is 4.98 Å². The molecular weight excluding hydrogens is 220 g/mol. The van der Waals surface area contributed by atoms with Crippen LogP contribution >= 0.6 is 0 Å². The van der Waals surface area contributed by atoms with Crippen LogP contribution in [0.25, 0.3) is 0 Å². The van der Waals surface area contributed by atoms with E-state index in [2.05, 4.69) is 42.2 Å². The molecule has 0 spiro atoms. The van der Waals surface area contributed by atoms with E-state index >= 15 is 0 Å². The SMILES string of the molecule is Cc1ccc(C(C#N)CCc2ccncc2)cc1. The Balaban J connectivity index is 2.02. The maximum atomic E-state index is 9.26. The van der Waals surface area contributed by atoms with Crippen molar-refractivity contribution < 1.29 is 0 Å². The van der Waals surface area contributed by atoms with Crippen molar-refractivity contribution in [2.24, 2.45) is 0 Å². The number of aromatic nitrogens is 1. The normalized spacial score (nSPS) is 11.8. The van der Waals surface area contributed by atoms with Crippen molar-refractivity contribution in [3.05, 3.63) is 65.5 Å². The Bertz CT molecular complexity index is 523. The number of rotatable bonds is 4. The summed E-state index contributed by atoms with van der Waals surface area (Å²) >= 11 is 0. The topological polar surface area (TPSA) is 36.7 Å². The van der Waals surface area contributed by atoms with Gasteiger partial charge in [0, 0.05) is 12.4 Å². The Hall–Kier alpha value is -2.14. The number of nitriles is 1. The van der Waals surface area contributed by atoms with Gasteiger partial charge in [-0.2, -0.15) is 5.26 Å². The summed E-state index contributed by atoms with van der Waals surface area (Å²) in [7, 11) is 0. The number of hydrogen-bond acceptors (Lipinski definition) is 2. The molecule has 0 saturated heterocycles. The Morgan fingerprint density at radius 3 is 2.39 bits per heavy atom. The highest BCUT2D eigenvalue weighted by Crippen LogP contribution is 2.21. The first kappa shape index (κ1) is 12.3. The summed E-state index contributed by atoms with van der Waals surface area (Å²) in [5.74, 6) is -0.0289. The molecule has 0 aliphatic carbocycles. The molecule has 18 heavy (non-hydrogen) atoms. The predicted molar refractivity (Wildman–Crippen MR) is 72.1 cm³/mol. The maximum Gasteiger partial charge on any atom is 0.0715 e. The van der Waals surface area contributed by atoms with E-state index in [0.29, 0.717) is 0 Å². The highest BCUT2D eigenvalue weighted by atomic mass is 14.6. The van der Waals surface area contributed by atoms with Crippen molar-refractivity contribution in [3.63, 3.8) is 0 Å². The molecular formula is C16H16N2. The molecule has 1 unspecified atom stereocenters. The molecule has 0 N–H and O–H groups in total. The van der Waals surface area contributed by atoms with E-state index in [-0.39, 0.29) is 5.92 Å². The van der Waals surface area contributed by atoms with Gasteiger partial charge in [0.1, 0.15) is 0 Å². The van der Waals surface area contributed by atoms with Crippen molar-refractivity contribution in [2.45, 2.75) is 25.7 Å². The fraction of sp³-hybridized carbons (Fsp3) is 0.250. The second-order valence-electron chi connectivity index (χ2n) is 4.49. The van der Waals surface area contributed by atoms with E-state index in [9.17, 15) is 5.26 Å². The van der Waals surface area contributed by atoms with E-state index in [1.54, 1.807) is 12.4 Å². The molecule has 0 fully saturated rings. The van der Waals surface area contributed by atoms with E-state index < -0.39 is 0 Å². The molecule has 1 heterocycles. The average Bonchev–Trinajstić information content (AvgIpc) is 2.42. The third-order valence-corrected chi connectivity index (χ3v) is 3.11. The van der Waals surface area contributed by atoms with Crippen molar-refractivity contribution in [3.8, 4) is 6.07 Å². The number of benzene rings is 1. The maximum absolute atomic E-state index is 9.26. The van der Waals surface area contributed by atoms with Gasteiger partial charge in [-0.05, 0) is 43.0 Å².